The van der Waals surface area contributed by atoms with E-state index in [1.54, 1.807) is 47.0 Å². The normalized spacial score (nSPS) is 11.0. The van der Waals surface area contributed by atoms with Gasteiger partial charge in [0.05, 0.1) is 17.4 Å². The van der Waals surface area contributed by atoms with Crippen LogP contribution in [0.3, 0.4) is 0 Å². The van der Waals surface area contributed by atoms with Crippen molar-refractivity contribution in [3.05, 3.63) is 128 Å². The summed E-state index contributed by atoms with van der Waals surface area (Å²) in [4.78, 5) is 31.2. The smallest absolute Gasteiger partial charge is 0.261 e. The summed E-state index contributed by atoms with van der Waals surface area (Å²) in [6, 6.07) is 27.7. The zero-order valence-corrected chi connectivity index (χ0v) is 22.3. The molecule has 0 spiro atoms. The zero-order valence-electron chi connectivity index (χ0n) is 20.7. The highest BCUT2D eigenvalue weighted by Crippen LogP contribution is 2.24. The number of nitrogens with one attached hydrogen (secondary N) is 1. The van der Waals surface area contributed by atoms with E-state index in [0.29, 0.717) is 45.2 Å². The van der Waals surface area contributed by atoms with Gasteiger partial charge in [-0.2, -0.15) is 0 Å². The molecule has 0 bridgehead atoms. The fourth-order valence-electron chi connectivity index (χ4n) is 4.41. The molecule has 190 valence electrons. The van der Waals surface area contributed by atoms with Crippen molar-refractivity contribution < 1.29 is 4.79 Å². The lowest BCUT2D eigenvalue weighted by molar-refractivity contribution is 0.102. The van der Waals surface area contributed by atoms with Gasteiger partial charge in [-0.05, 0) is 71.6 Å². The number of rotatable bonds is 7. The molecule has 38 heavy (non-hydrogen) atoms. The van der Waals surface area contributed by atoms with Crippen LogP contribution in [0.15, 0.2) is 95.8 Å². The molecule has 0 atom stereocenters. The van der Waals surface area contributed by atoms with Gasteiger partial charge in [-0.15, -0.1) is 0 Å². The maximum absolute atomic E-state index is 13.7. The second kappa shape index (κ2) is 11.2. The summed E-state index contributed by atoms with van der Waals surface area (Å²) in [5.74, 6) is 0.433. The van der Waals surface area contributed by atoms with Crippen molar-refractivity contribution in [3.8, 4) is 11.1 Å². The maximum Gasteiger partial charge on any atom is 0.261 e. The summed E-state index contributed by atoms with van der Waals surface area (Å²) in [6.45, 7) is 2.46. The number of aromatic nitrogens is 2. The van der Waals surface area contributed by atoms with Crippen LogP contribution in [0.25, 0.3) is 22.0 Å². The molecule has 5 rings (SSSR count). The Bertz CT molecular complexity index is 1690. The zero-order chi connectivity index (χ0) is 26.6. The van der Waals surface area contributed by atoms with Crippen LogP contribution in [0, 0.1) is 0 Å². The molecule has 0 saturated carbocycles. The summed E-state index contributed by atoms with van der Waals surface area (Å²) in [5.41, 5.74) is 4.49. The molecule has 0 saturated heterocycles. The lowest BCUT2D eigenvalue weighted by atomic mass is 10.0. The standard InChI is InChI=1S/C31H25Cl2N3O2/c1-2-5-29-35-28-15-14-26(34-30(37)23-7-4-9-25(33)17-23)18-27(28)31(38)36(29)19-20-10-12-21(13-11-20)22-6-3-8-24(32)16-22/h3-4,6-18H,2,5,19H2,1H3,(H,34,37). The molecule has 1 amide bonds. The average molecular weight is 542 g/mol. The minimum Gasteiger partial charge on any atom is -0.322 e. The van der Waals surface area contributed by atoms with Gasteiger partial charge in [-0.3, -0.25) is 14.2 Å². The Hall–Kier alpha value is -3.93. The lowest BCUT2D eigenvalue weighted by Gasteiger charge is -2.14. The van der Waals surface area contributed by atoms with Crippen LogP contribution in [0.1, 0.15) is 35.1 Å². The highest BCUT2D eigenvalue weighted by Gasteiger charge is 2.14. The van der Waals surface area contributed by atoms with E-state index in [1.807, 2.05) is 48.5 Å². The minimum atomic E-state index is -0.303. The molecule has 4 aromatic carbocycles. The Kier molecular flexibility index (Phi) is 7.59. The number of carbonyl (C=O) groups is 1. The molecule has 1 heterocycles. The molecule has 0 fully saturated rings. The number of hydrogen-bond acceptors (Lipinski definition) is 3. The van der Waals surface area contributed by atoms with E-state index in [9.17, 15) is 9.59 Å². The number of anilines is 1. The first kappa shape index (κ1) is 25.7. The number of nitrogens with zero attached hydrogens (tertiary/aromatic N) is 2. The van der Waals surface area contributed by atoms with Crippen molar-refractivity contribution in [2.45, 2.75) is 26.3 Å². The van der Waals surface area contributed by atoms with Gasteiger partial charge in [0, 0.05) is 27.7 Å². The van der Waals surface area contributed by atoms with Gasteiger partial charge in [0.15, 0.2) is 0 Å². The molecule has 0 aliphatic carbocycles. The molecular formula is C31H25Cl2N3O2. The largest absolute Gasteiger partial charge is 0.322 e. The van der Waals surface area contributed by atoms with Gasteiger partial charge in [-0.25, -0.2) is 4.98 Å². The van der Waals surface area contributed by atoms with Crippen LogP contribution in [0.2, 0.25) is 10.0 Å². The second-order valence-electron chi connectivity index (χ2n) is 9.07. The van der Waals surface area contributed by atoms with Gasteiger partial charge in [0.1, 0.15) is 5.82 Å². The quantitative estimate of drug-likeness (QED) is 0.230. The molecule has 1 N–H and O–H groups in total. The molecule has 0 aliphatic heterocycles. The molecule has 1 aromatic heterocycles. The summed E-state index contributed by atoms with van der Waals surface area (Å²) < 4.78 is 1.72. The lowest BCUT2D eigenvalue weighted by Crippen LogP contribution is -2.26. The predicted octanol–water partition coefficient (Wildman–Crippen LogP) is 7.62. The van der Waals surface area contributed by atoms with Gasteiger partial charge in [-0.1, -0.05) is 72.6 Å². The first-order chi connectivity index (χ1) is 18.4. The van der Waals surface area contributed by atoms with Crippen LogP contribution >= 0.6 is 23.2 Å². The SMILES string of the molecule is CCCc1nc2ccc(NC(=O)c3cccc(Cl)c3)cc2c(=O)n1Cc1ccc(-c2cccc(Cl)c2)cc1. The number of amides is 1. The number of fused-ring (bicyclic) bond motifs is 1. The van der Waals surface area contributed by atoms with Crippen LogP contribution < -0.4 is 10.9 Å². The van der Waals surface area contributed by atoms with E-state index >= 15 is 0 Å². The fraction of sp³-hybridized carbons (Fsp3) is 0.129. The summed E-state index contributed by atoms with van der Waals surface area (Å²) in [5, 5.41) is 4.47. The third-order valence-electron chi connectivity index (χ3n) is 6.30. The van der Waals surface area contributed by atoms with E-state index < -0.39 is 0 Å². The van der Waals surface area contributed by atoms with Crippen molar-refractivity contribution in [1.82, 2.24) is 9.55 Å². The third-order valence-corrected chi connectivity index (χ3v) is 6.77. The van der Waals surface area contributed by atoms with Crippen LogP contribution in [0.5, 0.6) is 0 Å². The Morgan fingerprint density at radius 3 is 2.32 bits per heavy atom. The predicted molar refractivity (Wildman–Crippen MR) is 155 cm³/mol. The Morgan fingerprint density at radius 1 is 0.868 bits per heavy atom. The van der Waals surface area contributed by atoms with Crippen molar-refractivity contribution in [2.75, 3.05) is 5.32 Å². The minimum absolute atomic E-state index is 0.142. The van der Waals surface area contributed by atoms with Crippen LogP contribution in [-0.4, -0.2) is 15.5 Å². The van der Waals surface area contributed by atoms with Gasteiger partial charge < -0.3 is 5.32 Å². The first-order valence-corrected chi connectivity index (χ1v) is 13.1. The van der Waals surface area contributed by atoms with Gasteiger partial charge >= 0.3 is 0 Å². The number of halogens is 2. The van der Waals surface area contributed by atoms with Crippen LogP contribution in [0.4, 0.5) is 5.69 Å². The topological polar surface area (TPSA) is 64.0 Å². The van der Waals surface area contributed by atoms with E-state index in [-0.39, 0.29) is 11.5 Å². The van der Waals surface area contributed by atoms with E-state index in [0.717, 1.165) is 28.9 Å². The monoisotopic (exact) mass is 541 g/mol. The highest BCUT2D eigenvalue weighted by molar-refractivity contribution is 6.31. The fourth-order valence-corrected chi connectivity index (χ4v) is 4.79. The number of carbonyl (C=O) groups excluding carboxylic acids is 1. The third kappa shape index (κ3) is 5.64. The number of benzene rings is 4. The molecule has 0 aliphatic rings. The molecule has 7 heteroatoms. The summed E-state index contributed by atoms with van der Waals surface area (Å²) in [6.07, 6.45) is 1.54. The molecule has 5 nitrogen and oxygen atoms in total. The van der Waals surface area contributed by atoms with Crippen molar-refractivity contribution >= 4 is 45.7 Å². The Morgan fingerprint density at radius 2 is 1.61 bits per heavy atom. The molecule has 0 radical (unpaired) electrons. The maximum atomic E-state index is 13.7. The van der Waals surface area contributed by atoms with Crippen LogP contribution in [-0.2, 0) is 13.0 Å². The second-order valence-corrected chi connectivity index (χ2v) is 9.95. The number of aryl methyl sites for hydroxylation is 1. The van der Waals surface area contributed by atoms with Crippen molar-refractivity contribution in [2.24, 2.45) is 0 Å². The van der Waals surface area contributed by atoms with Crippen molar-refractivity contribution in [3.63, 3.8) is 0 Å². The molecule has 5 aromatic rings. The summed E-state index contributed by atoms with van der Waals surface area (Å²) >= 11 is 12.2. The van der Waals surface area contributed by atoms with E-state index in [2.05, 4.69) is 12.2 Å². The van der Waals surface area contributed by atoms with E-state index in [1.165, 1.54) is 0 Å². The molecular weight excluding hydrogens is 517 g/mol. The van der Waals surface area contributed by atoms with Crippen molar-refractivity contribution in [1.29, 1.82) is 0 Å². The number of hydrogen-bond donors (Lipinski definition) is 1. The van der Waals surface area contributed by atoms with Gasteiger partial charge in [0.25, 0.3) is 11.5 Å². The van der Waals surface area contributed by atoms with Gasteiger partial charge in [0.2, 0.25) is 0 Å². The summed E-state index contributed by atoms with van der Waals surface area (Å²) in [7, 11) is 0. The van der Waals surface area contributed by atoms with E-state index in [4.69, 9.17) is 28.2 Å². The highest BCUT2D eigenvalue weighted by atomic mass is 35.5. The first-order valence-electron chi connectivity index (χ1n) is 12.4. The average Bonchev–Trinajstić information content (AvgIpc) is 2.92. The molecule has 0 unspecified atom stereocenters. The Balaban J connectivity index is 1.47. The Labute approximate surface area is 230 Å².